The second-order valence-corrected chi connectivity index (χ2v) is 8.70. The largest absolute Gasteiger partial charge is 0.424 e. The summed E-state index contributed by atoms with van der Waals surface area (Å²) in [6.07, 6.45) is 3.86. The molecule has 0 unspecified atom stereocenters. The van der Waals surface area contributed by atoms with E-state index in [4.69, 9.17) is 9.15 Å². The first-order chi connectivity index (χ1) is 16.2. The summed E-state index contributed by atoms with van der Waals surface area (Å²) >= 11 is 0. The summed E-state index contributed by atoms with van der Waals surface area (Å²) < 4.78 is 50.6. The normalized spacial score (nSPS) is 11.5. The van der Waals surface area contributed by atoms with Gasteiger partial charge in [-0.2, -0.15) is 17.5 Å². The molecule has 0 aliphatic rings. The van der Waals surface area contributed by atoms with Crippen LogP contribution in [0.3, 0.4) is 0 Å². The monoisotopic (exact) mass is 486 g/mol. The summed E-state index contributed by atoms with van der Waals surface area (Å²) in [5, 5.41) is 0.578. The Morgan fingerprint density at radius 2 is 1.88 bits per heavy atom. The van der Waals surface area contributed by atoms with E-state index in [9.17, 15) is 22.5 Å². The molecule has 174 valence electrons. The number of nitrogens with zero attached hydrogens (tertiary/aromatic N) is 4. The molecule has 4 rings (SSSR count). The average Bonchev–Trinajstić information content (AvgIpc) is 2.82. The Hall–Kier alpha value is -4.10. The number of fused-ring (bicyclic) bond motifs is 1. The Balaban J connectivity index is 1.71. The number of hydrogen-bond acceptors (Lipinski definition) is 9. The number of ether oxygens (including phenoxy) is 1. The molecule has 0 radical (unpaired) electrons. The molecule has 0 fully saturated rings. The summed E-state index contributed by atoms with van der Waals surface area (Å²) in [6, 6.07) is 7.82. The third kappa shape index (κ3) is 4.38. The van der Waals surface area contributed by atoms with E-state index in [1.165, 1.54) is 24.5 Å². The number of benzene rings is 1. The van der Waals surface area contributed by atoms with Gasteiger partial charge in [0.1, 0.15) is 21.7 Å². The van der Waals surface area contributed by atoms with Gasteiger partial charge in [0, 0.05) is 48.4 Å². The van der Waals surface area contributed by atoms with Gasteiger partial charge in [-0.1, -0.05) is 0 Å². The third-order valence-electron chi connectivity index (χ3n) is 4.98. The van der Waals surface area contributed by atoms with Crippen LogP contribution in [0.15, 0.2) is 58.1 Å². The predicted octanol–water partition coefficient (Wildman–Crippen LogP) is 2.68. The van der Waals surface area contributed by atoms with Crippen LogP contribution in [0.1, 0.15) is 16.7 Å². The van der Waals surface area contributed by atoms with E-state index < -0.39 is 31.6 Å². The van der Waals surface area contributed by atoms with Gasteiger partial charge < -0.3 is 9.15 Å². The fourth-order valence-electron chi connectivity index (χ4n) is 3.21. The fraction of sp³-hybridized carbons (Fsp3) is 0.143. The number of halogens is 1. The van der Waals surface area contributed by atoms with E-state index in [0.717, 1.165) is 13.2 Å². The van der Waals surface area contributed by atoms with Gasteiger partial charge in [-0.05, 0) is 46.6 Å². The van der Waals surface area contributed by atoms with Crippen LogP contribution in [0.25, 0.3) is 11.0 Å². The highest BCUT2D eigenvalue weighted by Gasteiger charge is 2.33. The third-order valence-corrected chi connectivity index (χ3v) is 6.10. The van der Waals surface area contributed by atoms with Crippen molar-refractivity contribution < 1.29 is 26.1 Å². The molecule has 0 aliphatic carbocycles. The highest BCUT2D eigenvalue weighted by Crippen LogP contribution is 2.28. The van der Waals surface area contributed by atoms with E-state index in [1.54, 1.807) is 29.8 Å². The van der Waals surface area contributed by atoms with E-state index in [-0.39, 0.29) is 29.1 Å². The summed E-state index contributed by atoms with van der Waals surface area (Å²) in [5.41, 5.74) is 0.0677. The molecule has 0 saturated carbocycles. The van der Waals surface area contributed by atoms with Gasteiger partial charge >= 0.3 is 27.7 Å². The van der Waals surface area contributed by atoms with Crippen molar-refractivity contribution in [1.82, 2.24) is 19.7 Å². The highest BCUT2D eigenvalue weighted by molar-refractivity contribution is 7.83. The molecule has 1 N–H and O–H groups in total. The standard InChI is InChI=1S/C21H17FN5O6S/c1-12-15-5-4-14(32-21-25-7-3-8-26-21)11-17(15)33-20(28)16(12)10-13-6-9-24-19(18(13)22)27(29)34(30,31)23-2/h3-9,11,23H,10H2,1-2H3/q+1. The van der Waals surface area contributed by atoms with Crippen molar-refractivity contribution in [3.8, 4) is 11.8 Å². The molecule has 0 spiro atoms. The molecule has 3 heterocycles. The lowest BCUT2D eigenvalue weighted by atomic mass is 10.00. The van der Waals surface area contributed by atoms with Crippen molar-refractivity contribution in [2.75, 3.05) is 7.05 Å². The van der Waals surface area contributed by atoms with Crippen LogP contribution in [0, 0.1) is 17.6 Å². The van der Waals surface area contributed by atoms with Crippen LogP contribution in [0.5, 0.6) is 11.8 Å². The Bertz CT molecular complexity index is 1570. The minimum atomic E-state index is -4.51. The first-order valence-corrected chi connectivity index (χ1v) is 11.2. The van der Waals surface area contributed by atoms with Crippen LogP contribution in [-0.4, -0.2) is 34.6 Å². The molecule has 34 heavy (non-hydrogen) atoms. The van der Waals surface area contributed by atoms with Gasteiger partial charge in [-0.15, -0.1) is 0 Å². The summed E-state index contributed by atoms with van der Waals surface area (Å²) in [7, 11) is -3.50. The van der Waals surface area contributed by atoms with E-state index in [0.29, 0.717) is 16.7 Å². The molecule has 0 saturated heterocycles. The summed E-state index contributed by atoms with van der Waals surface area (Å²) in [4.78, 5) is 36.2. The Morgan fingerprint density at radius 1 is 1.15 bits per heavy atom. The number of aryl methyl sites for hydroxylation is 1. The summed E-state index contributed by atoms with van der Waals surface area (Å²) in [5.74, 6) is -1.76. The van der Waals surface area contributed by atoms with Gasteiger partial charge in [0.25, 0.3) is 0 Å². The zero-order chi connectivity index (χ0) is 24.5. The van der Waals surface area contributed by atoms with Crippen LogP contribution in [0.2, 0.25) is 0 Å². The molecule has 4 aromatic rings. The Kier molecular flexibility index (Phi) is 6.13. The van der Waals surface area contributed by atoms with Crippen LogP contribution >= 0.6 is 0 Å². The number of hydrogen-bond donors (Lipinski definition) is 1. The van der Waals surface area contributed by atoms with Crippen molar-refractivity contribution >= 4 is 27.0 Å². The Labute approximate surface area is 192 Å². The number of rotatable bonds is 7. The van der Waals surface area contributed by atoms with Gasteiger partial charge in [0.2, 0.25) is 5.82 Å². The molecule has 0 amide bonds. The maximum atomic E-state index is 15.0. The highest BCUT2D eigenvalue weighted by atomic mass is 32.2. The van der Waals surface area contributed by atoms with Crippen LogP contribution < -0.4 is 15.1 Å². The second kappa shape index (κ2) is 9.03. The Morgan fingerprint density at radius 3 is 2.59 bits per heavy atom. The SMILES string of the molecule is CNS(=O)(=O)[N+](=O)c1nccc(Cc2c(C)c3ccc(Oc4ncccn4)cc3oc2=O)c1F. The zero-order valence-electron chi connectivity index (χ0n) is 17.9. The lowest BCUT2D eigenvalue weighted by Crippen LogP contribution is -2.28. The quantitative estimate of drug-likeness (QED) is 0.308. The minimum Gasteiger partial charge on any atom is -0.424 e. The number of nitrogens with one attached hydrogen (secondary N) is 1. The van der Waals surface area contributed by atoms with Gasteiger partial charge in [-0.25, -0.2) is 14.8 Å². The topological polar surface area (TPSA) is 144 Å². The molecule has 3 aromatic heterocycles. The molecule has 0 bridgehead atoms. The van der Waals surface area contributed by atoms with Crippen molar-refractivity contribution in [2.24, 2.45) is 0 Å². The number of nitroso groups, excluding NO2 is 1. The first kappa shape index (κ1) is 23.1. The van der Waals surface area contributed by atoms with Gasteiger partial charge in [0.15, 0.2) is 0 Å². The second-order valence-electron chi connectivity index (χ2n) is 7.01. The number of aromatic nitrogens is 3. The average molecular weight is 486 g/mol. The van der Waals surface area contributed by atoms with Crippen molar-refractivity contribution in [1.29, 1.82) is 0 Å². The predicted molar refractivity (Wildman–Crippen MR) is 118 cm³/mol. The molecular weight excluding hydrogens is 469 g/mol. The van der Waals surface area contributed by atoms with Crippen molar-refractivity contribution in [3.63, 3.8) is 0 Å². The van der Waals surface area contributed by atoms with Gasteiger partial charge in [-0.3, -0.25) is 0 Å². The first-order valence-electron chi connectivity index (χ1n) is 9.77. The molecule has 0 aliphatic heterocycles. The lowest BCUT2D eigenvalue weighted by Gasteiger charge is -2.09. The van der Waals surface area contributed by atoms with Gasteiger partial charge in [0.05, 0.1) is 0 Å². The molecule has 13 heteroatoms. The fourth-order valence-corrected chi connectivity index (χ4v) is 3.73. The summed E-state index contributed by atoms with van der Waals surface area (Å²) in [6.45, 7) is 1.67. The smallest absolute Gasteiger partial charge is 0.417 e. The molecule has 0 atom stereocenters. The molecule has 1 aromatic carbocycles. The molecule has 11 nitrogen and oxygen atoms in total. The minimum absolute atomic E-state index is 0.104. The van der Waals surface area contributed by atoms with Crippen LogP contribution in [0.4, 0.5) is 10.2 Å². The number of pyridine rings is 1. The zero-order valence-corrected chi connectivity index (χ0v) is 18.7. The van der Waals surface area contributed by atoms with Crippen LogP contribution in [-0.2, 0) is 16.6 Å². The van der Waals surface area contributed by atoms with Crippen molar-refractivity contribution in [3.05, 3.63) is 86.8 Å². The van der Waals surface area contributed by atoms with E-state index in [1.807, 2.05) is 0 Å². The maximum Gasteiger partial charge on any atom is 0.417 e. The maximum absolute atomic E-state index is 15.0. The van der Waals surface area contributed by atoms with E-state index in [2.05, 4.69) is 15.0 Å². The van der Waals surface area contributed by atoms with E-state index >= 15 is 0 Å². The lowest BCUT2D eigenvalue weighted by molar-refractivity contribution is -0.297. The van der Waals surface area contributed by atoms with Crippen molar-refractivity contribution in [2.45, 2.75) is 13.3 Å². The molecular formula is C21H17FN5O6S+.